The molecule has 0 radical (unpaired) electrons. The maximum Gasteiger partial charge on any atom is 0.302 e. The van der Waals surface area contributed by atoms with Gasteiger partial charge in [0.15, 0.2) is 17.3 Å². The van der Waals surface area contributed by atoms with Gasteiger partial charge in [0.05, 0.1) is 27.4 Å². The number of ether oxygens (including phenoxy) is 5. The van der Waals surface area contributed by atoms with Gasteiger partial charge in [-0.05, 0) is 42.5 Å². The highest BCUT2D eigenvalue weighted by Crippen LogP contribution is 2.45. The van der Waals surface area contributed by atoms with Crippen LogP contribution in [0.15, 0.2) is 33.5 Å². The molecule has 1 aliphatic rings. The van der Waals surface area contributed by atoms with Crippen molar-refractivity contribution in [3.63, 3.8) is 0 Å². The van der Waals surface area contributed by atoms with Crippen LogP contribution in [0.3, 0.4) is 0 Å². The quantitative estimate of drug-likeness (QED) is 0.166. The molecule has 4 rings (SSSR count). The number of aliphatic hydroxyl groups is 4. The van der Waals surface area contributed by atoms with Crippen LogP contribution >= 0.6 is 0 Å². The minimum Gasteiger partial charge on any atom is -0.508 e. The summed E-state index contributed by atoms with van der Waals surface area (Å²) in [6.07, 6.45) is -6.95. The lowest BCUT2D eigenvalue weighted by Gasteiger charge is -2.39. The molecular formula is C30H36O14. The first-order chi connectivity index (χ1) is 20.9. The maximum absolute atomic E-state index is 13.4. The summed E-state index contributed by atoms with van der Waals surface area (Å²) in [7, 11) is 2.50. The summed E-state index contributed by atoms with van der Waals surface area (Å²) in [4.78, 5) is 24.6. The lowest BCUT2D eigenvalue weighted by Crippen LogP contribution is -2.60. The van der Waals surface area contributed by atoms with Gasteiger partial charge in [0.2, 0.25) is 23.2 Å². The number of phenolic OH excluding ortho intramolecular Hbond substituents is 1. The Hall–Kier alpha value is -4.08. The first kappa shape index (κ1) is 32.8. The van der Waals surface area contributed by atoms with Crippen molar-refractivity contribution in [2.45, 2.75) is 57.4 Å². The molecule has 6 N–H and O–H groups in total. The van der Waals surface area contributed by atoms with Gasteiger partial charge in [-0.2, -0.15) is 0 Å². The third-order valence-electron chi connectivity index (χ3n) is 7.35. The van der Waals surface area contributed by atoms with Crippen LogP contribution in [0.25, 0.3) is 22.3 Å². The van der Waals surface area contributed by atoms with E-state index < -0.39 is 48.5 Å². The molecule has 1 saturated heterocycles. The van der Waals surface area contributed by atoms with E-state index in [0.29, 0.717) is 18.4 Å². The highest BCUT2D eigenvalue weighted by molar-refractivity contribution is 5.91. The number of carbonyl (C=O) groups excluding carboxylic acids is 1. The zero-order chi connectivity index (χ0) is 32.3. The maximum atomic E-state index is 13.4. The standard InChI is InChI=1S/C30H36O14/c1-13(12-41-14(2)32)5-6-15-9-16(7-8-17(15)33)27-25(37)23(35)21-18(42-27)10-19(28(39-3)29(21)40-4)43-30-26(38)24(36)22(34)20(11-31)44-30/h7-10,13,20,22,24,26,30-31,33-34,36-38H,5-6,11-12H2,1-4H3/t13?,20-,22-,24+,26-,30+/m1/s1. The minimum atomic E-state index is -1.74. The van der Waals surface area contributed by atoms with Crippen molar-refractivity contribution >= 4 is 16.9 Å². The molecule has 1 fully saturated rings. The minimum absolute atomic E-state index is 0.00137. The van der Waals surface area contributed by atoms with E-state index in [2.05, 4.69) is 0 Å². The number of carbonyl (C=O) groups is 1. The first-order valence-corrected chi connectivity index (χ1v) is 13.8. The van der Waals surface area contributed by atoms with Crippen molar-refractivity contribution in [3.8, 4) is 40.1 Å². The highest BCUT2D eigenvalue weighted by Gasteiger charge is 2.45. The van der Waals surface area contributed by atoms with Gasteiger partial charge >= 0.3 is 5.97 Å². The Morgan fingerprint density at radius 1 is 1.02 bits per heavy atom. The summed E-state index contributed by atoms with van der Waals surface area (Å²) in [5.74, 6) is -1.83. The van der Waals surface area contributed by atoms with Gasteiger partial charge < -0.3 is 58.7 Å². The predicted molar refractivity (Wildman–Crippen MR) is 153 cm³/mol. The lowest BCUT2D eigenvalue weighted by atomic mass is 9.98. The van der Waals surface area contributed by atoms with Crippen molar-refractivity contribution < 1.29 is 63.5 Å². The number of benzene rings is 2. The van der Waals surface area contributed by atoms with Gasteiger partial charge in [0.1, 0.15) is 41.1 Å². The molecule has 1 aliphatic heterocycles. The van der Waals surface area contributed by atoms with Crippen LogP contribution in [0, 0.1) is 5.92 Å². The molecule has 44 heavy (non-hydrogen) atoms. The molecule has 6 atom stereocenters. The van der Waals surface area contributed by atoms with E-state index in [1.54, 1.807) is 6.07 Å². The van der Waals surface area contributed by atoms with Crippen molar-refractivity contribution in [2.24, 2.45) is 5.92 Å². The van der Waals surface area contributed by atoms with Crippen LogP contribution in [0.4, 0.5) is 0 Å². The van der Waals surface area contributed by atoms with Crippen LogP contribution in [0.2, 0.25) is 0 Å². The Morgan fingerprint density at radius 2 is 1.73 bits per heavy atom. The summed E-state index contributed by atoms with van der Waals surface area (Å²) < 4.78 is 33.1. The van der Waals surface area contributed by atoms with Gasteiger partial charge in [-0.3, -0.25) is 9.59 Å². The van der Waals surface area contributed by atoms with Crippen LogP contribution in [0.1, 0.15) is 25.8 Å². The normalized spacial score (nSPS) is 22.4. The van der Waals surface area contributed by atoms with E-state index in [1.807, 2.05) is 6.92 Å². The highest BCUT2D eigenvalue weighted by atomic mass is 16.7. The Morgan fingerprint density at radius 3 is 2.36 bits per heavy atom. The number of hydrogen-bond donors (Lipinski definition) is 6. The molecule has 1 aromatic heterocycles. The third kappa shape index (κ3) is 6.54. The van der Waals surface area contributed by atoms with Gasteiger partial charge in [-0.15, -0.1) is 0 Å². The molecule has 0 bridgehead atoms. The van der Waals surface area contributed by atoms with Gasteiger partial charge in [-0.1, -0.05) is 6.92 Å². The van der Waals surface area contributed by atoms with Crippen molar-refractivity contribution in [2.75, 3.05) is 27.4 Å². The molecule has 0 amide bonds. The molecule has 14 nitrogen and oxygen atoms in total. The van der Waals surface area contributed by atoms with E-state index in [9.17, 15) is 40.2 Å². The fraction of sp³-hybridized carbons (Fsp3) is 0.467. The Labute approximate surface area is 251 Å². The number of methoxy groups -OCH3 is 2. The number of fused-ring (bicyclic) bond motifs is 1. The lowest BCUT2D eigenvalue weighted by molar-refractivity contribution is -0.277. The number of aliphatic hydroxyl groups excluding tert-OH is 4. The Balaban J connectivity index is 1.76. The van der Waals surface area contributed by atoms with E-state index >= 15 is 0 Å². The Bertz CT molecular complexity index is 1550. The van der Waals surface area contributed by atoms with Gasteiger partial charge in [-0.25, -0.2) is 0 Å². The summed E-state index contributed by atoms with van der Waals surface area (Å²) >= 11 is 0. The third-order valence-corrected chi connectivity index (χ3v) is 7.35. The smallest absolute Gasteiger partial charge is 0.302 e. The number of rotatable bonds is 11. The summed E-state index contributed by atoms with van der Waals surface area (Å²) in [6.45, 7) is 2.75. The summed E-state index contributed by atoms with van der Waals surface area (Å²) in [6, 6.07) is 5.65. The molecule has 0 spiro atoms. The first-order valence-electron chi connectivity index (χ1n) is 13.8. The summed E-state index contributed by atoms with van der Waals surface area (Å²) in [5.41, 5.74) is -0.212. The number of aryl methyl sites for hydroxylation is 1. The SMILES string of the molecule is COc1c(O[C@H]2O[C@H](CO)[C@@H](O)[C@H](O)[C@H]2O)cc2oc(-c3ccc(O)c(CCC(C)COC(C)=O)c3)c(O)c(=O)c2c1OC. The molecule has 240 valence electrons. The van der Waals surface area contributed by atoms with Crippen LogP contribution < -0.4 is 19.6 Å². The fourth-order valence-corrected chi connectivity index (χ4v) is 4.90. The number of phenols is 1. The Kier molecular flexibility index (Phi) is 10.2. The molecule has 14 heteroatoms. The van der Waals surface area contributed by atoms with Gasteiger partial charge in [0.25, 0.3) is 0 Å². The van der Waals surface area contributed by atoms with E-state index in [0.717, 1.165) is 0 Å². The topological polar surface area (TPSA) is 215 Å². The van der Waals surface area contributed by atoms with Crippen LogP contribution in [0.5, 0.6) is 28.7 Å². The molecule has 3 aromatic rings. The molecule has 2 heterocycles. The zero-order valence-electron chi connectivity index (χ0n) is 24.6. The van der Waals surface area contributed by atoms with E-state index in [4.69, 9.17) is 28.1 Å². The second-order valence-electron chi connectivity index (χ2n) is 10.5. The average Bonchev–Trinajstić information content (AvgIpc) is 3.00. The molecule has 0 aliphatic carbocycles. The van der Waals surface area contributed by atoms with Crippen molar-refractivity contribution in [1.29, 1.82) is 0 Å². The van der Waals surface area contributed by atoms with Crippen LogP contribution in [-0.4, -0.2) is 94.7 Å². The second-order valence-corrected chi connectivity index (χ2v) is 10.5. The molecule has 2 aromatic carbocycles. The number of esters is 1. The largest absolute Gasteiger partial charge is 0.508 e. The molecule has 0 saturated carbocycles. The predicted octanol–water partition coefficient (Wildman–Crippen LogP) is 1.20. The molecular weight excluding hydrogens is 584 g/mol. The van der Waals surface area contributed by atoms with Crippen LogP contribution in [-0.2, 0) is 20.7 Å². The number of hydrogen-bond acceptors (Lipinski definition) is 14. The fourth-order valence-electron chi connectivity index (χ4n) is 4.90. The van der Waals surface area contributed by atoms with E-state index in [-0.39, 0.29) is 63.8 Å². The van der Waals surface area contributed by atoms with Crippen molar-refractivity contribution in [1.82, 2.24) is 0 Å². The summed E-state index contributed by atoms with van der Waals surface area (Å²) in [5, 5.41) is 61.5. The second kappa shape index (κ2) is 13.7. The zero-order valence-corrected chi connectivity index (χ0v) is 24.6. The molecule has 1 unspecified atom stereocenters. The average molecular weight is 621 g/mol. The van der Waals surface area contributed by atoms with Crippen molar-refractivity contribution in [3.05, 3.63) is 40.1 Å². The van der Waals surface area contributed by atoms with E-state index in [1.165, 1.54) is 39.3 Å². The monoisotopic (exact) mass is 620 g/mol. The number of aromatic hydroxyl groups is 2. The van der Waals surface area contributed by atoms with Gasteiger partial charge in [0, 0.05) is 18.6 Å².